The van der Waals surface area contributed by atoms with E-state index in [1.54, 1.807) is 12.1 Å². The van der Waals surface area contributed by atoms with Crippen LogP contribution in [-0.2, 0) is 12.7 Å². The summed E-state index contributed by atoms with van der Waals surface area (Å²) in [5.41, 5.74) is 0.597. The van der Waals surface area contributed by atoms with Gasteiger partial charge in [-0.2, -0.15) is 17.7 Å². The Hall–Kier alpha value is -1.28. The van der Waals surface area contributed by atoms with Crippen LogP contribution in [0.2, 0.25) is 0 Å². The van der Waals surface area contributed by atoms with E-state index in [4.69, 9.17) is 0 Å². The topological polar surface area (TPSA) is 3.88 Å². The lowest BCUT2D eigenvalue weighted by molar-refractivity contribution is -0.673. The van der Waals surface area contributed by atoms with Crippen molar-refractivity contribution in [1.29, 1.82) is 0 Å². The van der Waals surface area contributed by atoms with Crippen molar-refractivity contribution in [3.63, 3.8) is 0 Å². The van der Waals surface area contributed by atoms with Crippen LogP contribution in [0.5, 0.6) is 0 Å². The molecule has 4 rings (SSSR count). The number of benzene rings is 2. The number of pyridine rings is 1. The van der Waals surface area contributed by atoms with Crippen molar-refractivity contribution >= 4 is 22.7 Å². The molecule has 0 aliphatic heterocycles. The maximum Gasteiger partial charge on any atom is 0.416 e. The zero-order chi connectivity index (χ0) is 22.4. The standard InChI is InChI=1S/C27H31F3NS.HI/c28-27(29,30)23-14-16-24(17-15-23)32-25-19-22-12-6-7-13-26(22)31(20-25)18-8-2-5-11-21-9-3-1-4-10-21;/h6-7,12-17,19-21H,1-5,8-11,18H2;1H/q+1;/p-1. The number of para-hydroxylation sites is 1. The second kappa shape index (κ2) is 12.4. The molecule has 1 nitrogen and oxygen atoms in total. The van der Waals surface area contributed by atoms with E-state index in [-0.39, 0.29) is 24.0 Å². The molecule has 0 amide bonds. The Morgan fingerprint density at radius 3 is 2.30 bits per heavy atom. The monoisotopic (exact) mass is 585 g/mol. The fourth-order valence-electron chi connectivity index (χ4n) is 4.74. The number of hydrogen-bond acceptors (Lipinski definition) is 1. The molecule has 1 aliphatic carbocycles. The average Bonchev–Trinajstić information content (AvgIpc) is 2.79. The summed E-state index contributed by atoms with van der Waals surface area (Å²) < 4.78 is 40.8. The van der Waals surface area contributed by atoms with Gasteiger partial charge in [-0.1, -0.05) is 68.8 Å². The van der Waals surface area contributed by atoms with Gasteiger partial charge in [0.15, 0.2) is 6.20 Å². The highest BCUT2D eigenvalue weighted by atomic mass is 127. The quantitative estimate of drug-likeness (QED) is 0.194. The summed E-state index contributed by atoms with van der Waals surface area (Å²) in [5.74, 6) is 0.945. The van der Waals surface area contributed by atoms with Gasteiger partial charge in [0, 0.05) is 22.8 Å². The molecule has 1 fully saturated rings. The number of fused-ring (bicyclic) bond motifs is 1. The predicted molar refractivity (Wildman–Crippen MR) is 125 cm³/mol. The molecule has 1 saturated carbocycles. The molecule has 1 heterocycles. The Labute approximate surface area is 216 Å². The van der Waals surface area contributed by atoms with Crippen LogP contribution < -0.4 is 28.5 Å². The summed E-state index contributed by atoms with van der Waals surface area (Å²) in [7, 11) is 0. The highest BCUT2D eigenvalue weighted by Crippen LogP contribution is 2.33. The van der Waals surface area contributed by atoms with Crippen molar-refractivity contribution in [2.75, 3.05) is 0 Å². The molecular formula is C27H31F3INS. The fourth-order valence-corrected chi connectivity index (χ4v) is 5.65. The molecule has 0 bridgehead atoms. The molecule has 2 aromatic carbocycles. The third-order valence-electron chi connectivity index (χ3n) is 6.48. The van der Waals surface area contributed by atoms with Gasteiger partial charge in [-0.05, 0) is 48.7 Å². The van der Waals surface area contributed by atoms with Crippen LogP contribution in [0, 0.1) is 5.92 Å². The summed E-state index contributed by atoms with van der Waals surface area (Å²) in [5, 5.41) is 1.16. The molecular weight excluding hydrogens is 554 g/mol. The van der Waals surface area contributed by atoms with Crippen LogP contribution in [-0.4, -0.2) is 0 Å². The van der Waals surface area contributed by atoms with Crippen LogP contribution in [0.25, 0.3) is 10.9 Å². The predicted octanol–water partition coefficient (Wildman–Crippen LogP) is 5.44. The second-order valence-corrected chi connectivity index (χ2v) is 10.1. The first-order valence-corrected chi connectivity index (χ1v) is 12.6. The van der Waals surface area contributed by atoms with E-state index < -0.39 is 11.7 Å². The number of hydrogen-bond donors (Lipinski definition) is 0. The molecule has 33 heavy (non-hydrogen) atoms. The van der Waals surface area contributed by atoms with Gasteiger partial charge >= 0.3 is 6.18 Å². The molecule has 0 N–H and O–H groups in total. The lowest BCUT2D eigenvalue weighted by Crippen LogP contribution is -3.00. The van der Waals surface area contributed by atoms with E-state index in [1.807, 2.05) is 6.07 Å². The normalized spacial score (nSPS) is 14.9. The molecule has 0 saturated heterocycles. The Balaban J connectivity index is 0.00000306. The van der Waals surface area contributed by atoms with E-state index in [0.29, 0.717) is 0 Å². The Morgan fingerprint density at radius 2 is 1.58 bits per heavy atom. The lowest BCUT2D eigenvalue weighted by atomic mass is 9.85. The highest BCUT2D eigenvalue weighted by Gasteiger charge is 2.30. The molecule has 0 spiro atoms. The van der Waals surface area contributed by atoms with E-state index >= 15 is 0 Å². The van der Waals surface area contributed by atoms with Gasteiger partial charge in [-0.3, -0.25) is 0 Å². The van der Waals surface area contributed by atoms with E-state index in [9.17, 15) is 13.2 Å². The number of alkyl halides is 3. The summed E-state index contributed by atoms with van der Waals surface area (Å²) >= 11 is 1.51. The largest absolute Gasteiger partial charge is 1.00 e. The SMILES string of the molecule is FC(F)(F)c1ccc(Sc2cc3ccccc3[n+](CCCCCC3CCCCC3)c2)cc1.[I-]. The number of rotatable bonds is 8. The maximum absolute atomic E-state index is 12.8. The second-order valence-electron chi connectivity index (χ2n) is 8.91. The third kappa shape index (κ3) is 7.61. The van der Waals surface area contributed by atoms with Crippen molar-refractivity contribution in [3.05, 3.63) is 66.4 Å². The molecule has 178 valence electrons. The van der Waals surface area contributed by atoms with Crippen molar-refractivity contribution in [2.24, 2.45) is 5.92 Å². The van der Waals surface area contributed by atoms with Gasteiger partial charge in [0.05, 0.1) is 10.5 Å². The Bertz CT molecular complexity index is 1010. The van der Waals surface area contributed by atoms with Gasteiger partial charge in [-0.15, -0.1) is 0 Å². The number of aryl methyl sites for hydroxylation is 1. The molecule has 1 aromatic heterocycles. The van der Waals surface area contributed by atoms with Gasteiger partial charge in [-0.25, -0.2) is 0 Å². The summed E-state index contributed by atoms with van der Waals surface area (Å²) in [4.78, 5) is 1.86. The number of halogens is 4. The van der Waals surface area contributed by atoms with Crippen molar-refractivity contribution < 1.29 is 41.7 Å². The number of aromatic nitrogens is 1. The van der Waals surface area contributed by atoms with Gasteiger partial charge in [0.2, 0.25) is 5.52 Å². The third-order valence-corrected chi connectivity index (χ3v) is 7.45. The Morgan fingerprint density at radius 1 is 0.848 bits per heavy atom. The summed E-state index contributed by atoms with van der Waals surface area (Å²) in [6, 6.07) is 15.9. The summed E-state index contributed by atoms with van der Waals surface area (Å²) in [6.45, 7) is 0.965. The van der Waals surface area contributed by atoms with Crippen molar-refractivity contribution in [2.45, 2.75) is 80.3 Å². The van der Waals surface area contributed by atoms with Crippen LogP contribution in [0.4, 0.5) is 13.2 Å². The van der Waals surface area contributed by atoms with Gasteiger partial charge < -0.3 is 24.0 Å². The highest BCUT2D eigenvalue weighted by molar-refractivity contribution is 7.99. The van der Waals surface area contributed by atoms with Crippen molar-refractivity contribution in [3.8, 4) is 0 Å². The minimum Gasteiger partial charge on any atom is -1.00 e. The summed E-state index contributed by atoms with van der Waals surface area (Å²) in [6.07, 6.45) is 10.00. The van der Waals surface area contributed by atoms with E-state index in [1.165, 1.54) is 68.6 Å². The number of unbranched alkanes of at least 4 members (excludes halogenated alkanes) is 2. The maximum atomic E-state index is 12.8. The first kappa shape index (κ1) is 26.3. The zero-order valence-electron chi connectivity index (χ0n) is 18.8. The zero-order valence-corrected chi connectivity index (χ0v) is 21.8. The minimum absolute atomic E-state index is 0. The van der Waals surface area contributed by atoms with Crippen LogP contribution >= 0.6 is 11.8 Å². The van der Waals surface area contributed by atoms with Crippen LogP contribution in [0.1, 0.15) is 63.4 Å². The molecule has 1 aliphatic rings. The van der Waals surface area contributed by atoms with E-state index in [0.717, 1.165) is 46.2 Å². The first-order valence-electron chi connectivity index (χ1n) is 11.8. The van der Waals surface area contributed by atoms with Crippen molar-refractivity contribution in [1.82, 2.24) is 0 Å². The van der Waals surface area contributed by atoms with Crippen LogP contribution in [0.3, 0.4) is 0 Å². The lowest BCUT2D eigenvalue weighted by Gasteiger charge is -2.21. The molecule has 0 atom stereocenters. The number of nitrogens with zero attached hydrogens (tertiary/aromatic N) is 1. The fraction of sp³-hybridized carbons (Fsp3) is 0.444. The molecule has 6 heteroatoms. The molecule has 3 aromatic rings. The smallest absolute Gasteiger partial charge is 0.416 e. The van der Waals surface area contributed by atoms with E-state index in [2.05, 4.69) is 35.0 Å². The first-order chi connectivity index (χ1) is 15.5. The molecule has 0 unspecified atom stereocenters. The van der Waals surface area contributed by atoms with Gasteiger partial charge in [0.1, 0.15) is 6.54 Å². The minimum atomic E-state index is -4.30. The molecule has 0 radical (unpaired) electrons. The Kier molecular flexibility index (Phi) is 9.92. The average molecular weight is 586 g/mol. The van der Waals surface area contributed by atoms with Crippen LogP contribution in [0.15, 0.2) is 70.6 Å². The van der Waals surface area contributed by atoms with Gasteiger partial charge in [0.25, 0.3) is 0 Å².